The van der Waals surface area contributed by atoms with Gasteiger partial charge in [0.25, 0.3) is 6.43 Å². The van der Waals surface area contributed by atoms with Gasteiger partial charge in [-0.05, 0) is 49.8 Å². The molecule has 31 heavy (non-hydrogen) atoms. The van der Waals surface area contributed by atoms with Crippen molar-refractivity contribution < 1.29 is 18.3 Å². The number of carbonyl (C=O) groups excluding carboxylic acids is 1. The van der Waals surface area contributed by atoms with Crippen LogP contribution in [-0.4, -0.2) is 32.6 Å². The first kappa shape index (κ1) is 22.6. The highest BCUT2D eigenvalue weighted by Gasteiger charge is 2.13. The van der Waals surface area contributed by atoms with Crippen LogP contribution in [0.4, 0.5) is 8.78 Å². The summed E-state index contributed by atoms with van der Waals surface area (Å²) in [5.41, 5.74) is 3.12. The number of ketones is 1. The molecule has 0 amide bonds. The molecule has 162 valence electrons. The van der Waals surface area contributed by atoms with Crippen molar-refractivity contribution in [2.24, 2.45) is 7.05 Å². The predicted molar refractivity (Wildman–Crippen MR) is 116 cm³/mol. The van der Waals surface area contributed by atoms with Gasteiger partial charge in [-0.15, -0.1) is 0 Å². The second-order valence-corrected chi connectivity index (χ2v) is 7.81. The van der Waals surface area contributed by atoms with Crippen molar-refractivity contribution in [1.82, 2.24) is 19.7 Å². The van der Waals surface area contributed by atoms with E-state index in [4.69, 9.17) is 4.74 Å². The Bertz CT molecular complexity index is 1130. The lowest BCUT2D eigenvalue weighted by Crippen LogP contribution is -2.03. The summed E-state index contributed by atoms with van der Waals surface area (Å²) >= 11 is 1.25. The van der Waals surface area contributed by atoms with Crippen LogP contribution in [-0.2, 0) is 12.8 Å². The number of allylic oxidation sites excluding steroid dienone is 1. The Kier molecular flexibility index (Phi) is 7.17. The first-order valence-corrected chi connectivity index (χ1v) is 10.4. The van der Waals surface area contributed by atoms with Gasteiger partial charge in [-0.25, -0.2) is 18.7 Å². The van der Waals surface area contributed by atoms with Crippen LogP contribution in [0.5, 0.6) is 5.75 Å². The standard InChI is InChI=1S/C22H22F2N4O2S/c1-13-9-17(21(23)24)26-22(25-13)31-12-16-11-15(6-8-20(16)30-4)5-7-19(29)18-10-14(2)27-28(18)3/h5-11,21H,12H2,1-4H3/b7-5+. The molecule has 0 aliphatic carbocycles. The topological polar surface area (TPSA) is 69.9 Å². The fourth-order valence-electron chi connectivity index (χ4n) is 3.00. The highest BCUT2D eigenvalue weighted by molar-refractivity contribution is 7.98. The Morgan fingerprint density at radius 2 is 1.97 bits per heavy atom. The normalized spacial score (nSPS) is 11.5. The number of aryl methyl sites for hydroxylation is 3. The number of methoxy groups -OCH3 is 1. The molecule has 0 aliphatic heterocycles. The molecule has 0 unspecified atom stereocenters. The van der Waals surface area contributed by atoms with Gasteiger partial charge in [-0.3, -0.25) is 9.48 Å². The van der Waals surface area contributed by atoms with Crippen LogP contribution >= 0.6 is 11.8 Å². The first-order valence-electron chi connectivity index (χ1n) is 9.43. The molecule has 0 N–H and O–H groups in total. The first-order chi connectivity index (χ1) is 14.8. The molecule has 0 spiro atoms. The van der Waals surface area contributed by atoms with Crippen LogP contribution in [0, 0.1) is 13.8 Å². The number of hydrogen-bond donors (Lipinski definition) is 0. The van der Waals surface area contributed by atoms with E-state index < -0.39 is 6.43 Å². The summed E-state index contributed by atoms with van der Waals surface area (Å²) in [7, 11) is 3.29. The number of carbonyl (C=O) groups is 1. The molecule has 0 saturated heterocycles. The van der Waals surface area contributed by atoms with Crippen LogP contribution in [0.15, 0.2) is 41.6 Å². The SMILES string of the molecule is COc1ccc(/C=C/C(=O)c2cc(C)nn2C)cc1CSc1nc(C)cc(C(F)F)n1. The maximum atomic E-state index is 13.0. The highest BCUT2D eigenvalue weighted by atomic mass is 32.2. The zero-order valence-electron chi connectivity index (χ0n) is 17.6. The number of alkyl halides is 2. The molecule has 0 atom stereocenters. The van der Waals surface area contributed by atoms with Gasteiger partial charge in [-0.2, -0.15) is 5.10 Å². The Morgan fingerprint density at radius 1 is 1.19 bits per heavy atom. The van der Waals surface area contributed by atoms with Crippen molar-refractivity contribution in [3.63, 3.8) is 0 Å². The van der Waals surface area contributed by atoms with E-state index in [1.807, 2.05) is 19.1 Å². The van der Waals surface area contributed by atoms with Gasteiger partial charge in [0.2, 0.25) is 5.78 Å². The van der Waals surface area contributed by atoms with E-state index in [0.717, 1.165) is 16.8 Å². The van der Waals surface area contributed by atoms with Crippen LogP contribution < -0.4 is 4.74 Å². The van der Waals surface area contributed by atoms with Crippen LogP contribution in [0.2, 0.25) is 0 Å². The number of thioether (sulfide) groups is 1. The maximum Gasteiger partial charge on any atom is 0.280 e. The molecule has 0 saturated carbocycles. The van der Waals surface area contributed by atoms with E-state index in [0.29, 0.717) is 22.9 Å². The van der Waals surface area contributed by atoms with Crippen LogP contribution in [0.3, 0.4) is 0 Å². The highest BCUT2D eigenvalue weighted by Crippen LogP contribution is 2.29. The lowest BCUT2D eigenvalue weighted by atomic mass is 10.1. The van der Waals surface area contributed by atoms with E-state index in [1.54, 1.807) is 44.0 Å². The fourth-order valence-corrected chi connectivity index (χ4v) is 3.89. The second-order valence-electron chi connectivity index (χ2n) is 6.87. The van der Waals surface area contributed by atoms with Crippen molar-refractivity contribution >= 4 is 23.6 Å². The number of halogens is 2. The molecular weight excluding hydrogens is 422 g/mol. The van der Waals surface area contributed by atoms with Crippen molar-refractivity contribution in [2.45, 2.75) is 31.2 Å². The van der Waals surface area contributed by atoms with Gasteiger partial charge in [0.05, 0.1) is 12.8 Å². The Balaban J connectivity index is 1.78. The number of benzene rings is 1. The van der Waals surface area contributed by atoms with Gasteiger partial charge in [0, 0.05) is 24.1 Å². The summed E-state index contributed by atoms with van der Waals surface area (Å²) in [5.74, 6) is 0.925. The Morgan fingerprint density at radius 3 is 2.61 bits per heavy atom. The second kappa shape index (κ2) is 9.82. The lowest BCUT2D eigenvalue weighted by Gasteiger charge is -2.10. The molecule has 0 aliphatic rings. The molecule has 1 aromatic carbocycles. The van der Waals surface area contributed by atoms with Crippen LogP contribution in [0.1, 0.15) is 45.1 Å². The molecule has 6 nitrogen and oxygen atoms in total. The number of ether oxygens (including phenoxy) is 1. The maximum absolute atomic E-state index is 13.0. The summed E-state index contributed by atoms with van der Waals surface area (Å²) in [6.45, 7) is 3.49. The molecule has 0 radical (unpaired) electrons. The Labute approximate surface area is 183 Å². The van der Waals surface area contributed by atoms with E-state index >= 15 is 0 Å². The van der Waals surface area contributed by atoms with Crippen molar-refractivity contribution in [3.8, 4) is 5.75 Å². The van der Waals surface area contributed by atoms with Gasteiger partial charge in [0.1, 0.15) is 17.1 Å². The van der Waals surface area contributed by atoms with E-state index in [-0.39, 0.29) is 16.6 Å². The minimum Gasteiger partial charge on any atom is -0.496 e. The zero-order valence-corrected chi connectivity index (χ0v) is 18.4. The van der Waals surface area contributed by atoms with Gasteiger partial charge in [0.15, 0.2) is 5.16 Å². The minimum absolute atomic E-state index is 0.150. The number of aromatic nitrogens is 4. The quantitative estimate of drug-likeness (QED) is 0.212. The lowest BCUT2D eigenvalue weighted by molar-refractivity contribution is 0.103. The average molecular weight is 445 g/mol. The third-order valence-corrected chi connectivity index (χ3v) is 5.32. The molecule has 2 heterocycles. The summed E-state index contributed by atoms with van der Waals surface area (Å²) < 4.78 is 33.0. The average Bonchev–Trinajstić information content (AvgIpc) is 3.08. The molecule has 3 aromatic rings. The van der Waals surface area contributed by atoms with Gasteiger partial charge < -0.3 is 4.74 Å². The molecule has 3 rings (SSSR count). The molecule has 9 heteroatoms. The molecule has 0 fully saturated rings. The number of nitrogens with zero attached hydrogens (tertiary/aromatic N) is 4. The third kappa shape index (κ3) is 5.75. The third-order valence-electron chi connectivity index (χ3n) is 4.42. The zero-order chi connectivity index (χ0) is 22.5. The van der Waals surface area contributed by atoms with Gasteiger partial charge in [-0.1, -0.05) is 23.9 Å². The van der Waals surface area contributed by atoms with E-state index in [1.165, 1.54) is 23.9 Å². The fraction of sp³-hybridized carbons (Fsp3) is 0.273. The number of rotatable bonds is 8. The van der Waals surface area contributed by atoms with Crippen molar-refractivity contribution in [3.05, 3.63) is 70.3 Å². The smallest absolute Gasteiger partial charge is 0.280 e. The largest absolute Gasteiger partial charge is 0.496 e. The monoisotopic (exact) mass is 444 g/mol. The van der Waals surface area contributed by atoms with E-state index in [9.17, 15) is 13.6 Å². The summed E-state index contributed by atoms with van der Waals surface area (Å²) in [6.07, 6.45) is 0.564. The number of hydrogen-bond acceptors (Lipinski definition) is 6. The predicted octanol–water partition coefficient (Wildman–Crippen LogP) is 4.96. The van der Waals surface area contributed by atoms with Crippen LogP contribution in [0.25, 0.3) is 6.08 Å². The van der Waals surface area contributed by atoms with Gasteiger partial charge >= 0.3 is 0 Å². The minimum atomic E-state index is -2.65. The molecular formula is C22H22F2N4O2S. The Hall–Kier alpha value is -3.07. The summed E-state index contributed by atoms with van der Waals surface area (Å²) in [4.78, 5) is 20.6. The summed E-state index contributed by atoms with van der Waals surface area (Å²) in [6, 6.07) is 8.53. The van der Waals surface area contributed by atoms with Crippen molar-refractivity contribution in [1.29, 1.82) is 0 Å². The summed E-state index contributed by atoms with van der Waals surface area (Å²) in [5, 5.41) is 4.46. The van der Waals surface area contributed by atoms with E-state index in [2.05, 4.69) is 15.1 Å². The van der Waals surface area contributed by atoms with Crippen molar-refractivity contribution in [2.75, 3.05) is 7.11 Å². The molecule has 2 aromatic heterocycles. The molecule has 0 bridgehead atoms.